The van der Waals surface area contributed by atoms with Gasteiger partial charge in [0.05, 0.1) is 0 Å². The number of guanidine groups is 1. The number of aliphatic imine (C=N–C) groups is 1. The van der Waals surface area contributed by atoms with Crippen molar-refractivity contribution in [2.45, 2.75) is 25.8 Å². The summed E-state index contributed by atoms with van der Waals surface area (Å²) < 4.78 is 0. The number of hydrogen-bond acceptors (Lipinski definition) is 5. The number of thiophene rings is 1. The third-order valence-corrected chi connectivity index (χ3v) is 4.88. The molecule has 1 fully saturated rings. The van der Waals surface area contributed by atoms with Gasteiger partial charge in [0.2, 0.25) is 0 Å². The molecule has 0 bridgehead atoms. The summed E-state index contributed by atoms with van der Waals surface area (Å²) in [5, 5.41) is 8.99. The summed E-state index contributed by atoms with van der Waals surface area (Å²) in [5.41, 5.74) is 0. The predicted molar refractivity (Wildman–Crippen MR) is 101 cm³/mol. The molecule has 118 valence electrons. The minimum Gasteiger partial charge on any atom is -0.356 e. The van der Waals surface area contributed by atoms with Crippen LogP contribution in [0, 0.1) is 5.92 Å². The Kier molecular flexibility index (Phi) is 7.25. The van der Waals surface area contributed by atoms with E-state index < -0.39 is 0 Å². The van der Waals surface area contributed by atoms with Gasteiger partial charge in [-0.25, -0.2) is 0 Å². The van der Waals surface area contributed by atoms with E-state index in [1.54, 1.807) is 0 Å². The molecule has 6 heteroatoms. The molecule has 0 aliphatic carbocycles. The van der Waals surface area contributed by atoms with Gasteiger partial charge in [-0.15, -0.1) is 35.3 Å². The van der Waals surface area contributed by atoms with Crippen molar-refractivity contribution in [3.63, 3.8) is 0 Å². The Hall–Kier alpha value is -0.340. The fourth-order valence-electron chi connectivity index (χ4n) is 2.98. The fraction of sp³-hybridized carbons (Fsp3) is 0.667. The molecule has 3 heterocycles. The summed E-state index contributed by atoms with van der Waals surface area (Å²) in [6.07, 6.45) is 3.81. The summed E-state index contributed by atoms with van der Waals surface area (Å²) >= 11 is 1.87. The molecule has 1 aromatic rings. The lowest BCUT2D eigenvalue weighted by Crippen LogP contribution is -2.45. The molecule has 2 aliphatic rings. The topological polar surface area (TPSA) is 39.7 Å². The maximum Gasteiger partial charge on any atom is 0.191 e. The van der Waals surface area contributed by atoms with E-state index in [1.165, 1.54) is 30.8 Å². The molecular weight excluding hydrogens is 395 g/mol. The Balaban J connectivity index is 0.00000161. The van der Waals surface area contributed by atoms with Crippen LogP contribution in [0.1, 0.15) is 24.1 Å². The fourth-order valence-corrected chi connectivity index (χ4v) is 3.72. The first kappa shape index (κ1) is 17.0. The van der Waals surface area contributed by atoms with Crippen LogP contribution in [0.5, 0.6) is 0 Å². The first-order valence-corrected chi connectivity index (χ1v) is 8.55. The molecule has 0 radical (unpaired) electrons. The van der Waals surface area contributed by atoms with E-state index in [-0.39, 0.29) is 24.0 Å². The van der Waals surface area contributed by atoms with E-state index in [0.29, 0.717) is 0 Å². The van der Waals surface area contributed by atoms with Gasteiger partial charge in [-0.1, -0.05) is 6.07 Å². The lowest BCUT2D eigenvalue weighted by atomic mass is 9.98. The van der Waals surface area contributed by atoms with Crippen molar-refractivity contribution in [1.29, 1.82) is 0 Å². The standard InChI is InChI=1S/C15H24N4S.HI/c1-4-13(10-18-15-16-6-3-7-17-15)11-19(8-1)12-14-5-2-9-20-14;/h2,5,9,13H,1,3-4,6-8,10-12H2,(H2,16,17,18);1H. The van der Waals surface area contributed by atoms with Crippen LogP contribution in [0.15, 0.2) is 22.5 Å². The molecule has 21 heavy (non-hydrogen) atoms. The third-order valence-electron chi connectivity index (χ3n) is 4.02. The van der Waals surface area contributed by atoms with Crippen LogP contribution in [0.3, 0.4) is 0 Å². The number of nitrogens with one attached hydrogen (secondary N) is 2. The molecule has 0 amide bonds. The highest BCUT2D eigenvalue weighted by atomic mass is 127. The molecule has 0 aromatic carbocycles. The second kappa shape index (κ2) is 8.95. The van der Waals surface area contributed by atoms with Crippen LogP contribution >= 0.6 is 35.3 Å². The van der Waals surface area contributed by atoms with Gasteiger partial charge in [-0.2, -0.15) is 0 Å². The maximum absolute atomic E-state index is 4.48. The molecule has 1 saturated heterocycles. The van der Waals surface area contributed by atoms with Gasteiger partial charge >= 0.3 is 0 Å². The van der Waals surface area contributed by atoms with Crippen molar-refractivity contribution in [1.82, 2.24) is 15.5 Å². The largest absolute Gasteiger partial charge is 0.356 e. The highest BCUT2D eigenvalue weighted by Crippen LogP contribution is 2.19. The molecule has 1 unspecified atom stereocenters. The number of rotatable bonds is 4. The number of hydrogen-bond donors (Lipinski definition) is 2. The first-order chi connectivity index (χ1) is 9.90. The molecular formula is C15H25IN4S. The van der Waals surface area contributed by atoms with Crippen molar-refractivity contribution >= 4 is 41.3 Å². The van der Waals surface area contributed by atoms with Crippen molar-refractivity contribution in [3.8, 4) is 0 Å². The normalized spacial score (nSPS) is 22.9. The van der Waals surface area contributed by atoms with Gasteiger partial charge in [0, 0.05) is 37.6 Å². The number of likely N-dealkylation sites (tertiary alicyclic amines) is 1. The average Bonchev–Trinajstić information content (AvgIpc) is 3.00. The van der Waals surface area contributed by atoms with Crippen molar-refractivity contribution in [2.24, 2.45) is 10.9 Å². The second-order valence-corrected chi connectivity index (χ2v) is 6.75. The van der Waals surface area contributed by atoms with Crippen LogP contribution in [-0.2, 0) is 6.54 Å². The summed E-state index contributed by atoms with van der Waals surface area (Å²) in [7, 11) is 0. The second-order valence-electron chi connectivity index (χ2n) is 5.71. The zero-order chi connectivity index (χ0) is 13.6. The summed E-state index contributed by atoms with van der Waals surface area (Å²) in [4.78, 5) is 8.55. The Morgan fingerprint density at radius 2 is 2.38 bits per heavy atom. The Morgan fingerprint density at radius 1 is 1.43 bits per heavy atom. The molecule has 0 spiro atoms. The van der Waals surface area contributed by atoms with Crippen molar-refractivity contribution in [2.75, 3.05) is 32.7 Å². The average molecular weight is 420 g/mol. The van der Waals surface area contributed by atoms with E-state index >= 15 is 0 Å². The molecule has 2 N–H and O–H groups in total. The van der Waals surface area contributed by atoms with Crippen LogP contribution in [0.2, 0.25) is 0 Å². The molecule has 1 aromatic heterocycles. The van der Waals surface area contributed by atoms with Gasteiger partial charge in [0.15, 0.2) is 5.96 Å². The Labute approximate surface area is 148 Å². The van der Waals surface area contributed by atoms with Gasteiger partial charge in [0.1, 0.15) is 0 Å². The van der Waals surface area contributed by atoms with Crippen molar-refractivity contribution in [3.05, 3.63) is 22.4 Å². The van der Waals surface area contributed by atoms with Gasteiger partial charge < -0.3 is 10.6 Å². The molecule has 0 saturated carbocycles. The lowest BCUT2D eigenvalue weighted by molar-refractivity contribution is 0.169. The zero-order valence-corrected chi connectivity index (χ0v) is 15.5. The predicted octanol–water partition coefficient (Wildman–Crippen LogP) is 2.52. The summed E-state index contributed by atoms with van der Waals surface area (Å²) in [6, 6.07) is 4.39. The molecule has 2 aliphatic heterocycles. The SMILES string of the molecule is I.c1csc(CN2CCCC(CNC3=NCCCN3)C2)c1. The van der Waals surface area contributed by atoms with E-state index in [9.17, 15) is 0 Å². The van der Waals surface area contributed by atoms with Crippen LogP contribution < -0.4 is 10.6 Å². The van der Waals surface area contributed by atoms with Gasteiger partial charge in [-0.05, 0) is 43.2 Å². The minimum atomic E-state index is 0. The van der Waals surface area contributed by atoms with E-state index in [1.807, 2.05) is 11.3 Å². The summed E-state index contributed by atoms with van der Waals surface area (Å²) in [5.74, 6) is 1.75. The highest BCUT2D eigenvalue weighted by Gasteiger charge is 2.20. The zero-order valence-electron chi connectivity index (χ0n) is 12.4. The van der Waals surface area contributed by atoms with E-state index in [4.69, 9.17) is 0 Å². The number of halogens is 1. The summed E-state index contributed by atoms with van der Waals surface area (Å²) in [6.45, 7) is 6.64. The first-order valence-electron chi connectivity index (χ1n) is 7.67. The molecule has 1 atom stereocenters. The van der Waals surface area contributed by atoms with Crippen LogP contribution in [0.4, 0.5) is 0 Å². The van der Waals surface area contributed by atoms with Gasteiger partial charge in [0.25, 0.3) is 0 Å². The third kappa shape index (κ3) is 5.41. The van der Waals surface area contributed by atoms with Crippen LogP contribution in [0.25, 0.3) is 0 Å². The highest BCUT2D eigenvalue weighted by molar-refractivity contribution is 14.0. The Bertz CT molecular complexity index is 435. The molecule has 3 rings (SSSR count). The lowest BCUT2D eigenvalue weighted by Gasteiger charge is -2.33. The van der Waals surface area contributed by atoms with Gasteiger partial charge in [-0.3, -0.25) is 9.89 Å². The minimum absolute atomic E-state index is 0. The number of piperidine rings is 1. The Morgan fingerprint density at radius 3 is 3.14 bits per heavy atom. The van der Waals surface area contributed by atoms with E-state index in [0.717, 1.165) is 44.5 Å². The van der Waals surface area contributed by atoms with E-state index in [2.05, 4.69) is 38.0 Å². The maximum atomic E-state index is 4.48. The number of nitrogens with zero attached hydrogens (tertiary/aromatic N) is 2. The smallest absolute Gasteiger partial charge is 0.191 e. The van der Waals surface area contributed by atoms with Crippen molar-refractivity contribution < 1.29 is 0 Å². The molecule has 4 nitrogen and oxygen atoms in total. The monoisotopic (exact) mass is 420 g/mol. The van der Waals surface area contributed by atoms with Crippen LogP contribution in [-0.4, -0.2) is 43.6 Å². The quantitative estimate of drug-likeness (QED) is 0.736.